The van der Waals surface area contributed by atoms with Crippen LogP contribution in [0.4, 0.5) is 0 Å². The van der Waals surface area contributed by atoms with E-state index in [4.69, 9.17) is 0 Å². The van der Waals surface area contributed by atoms with Crippen molar-refractivity contribution in [2.24, 2.45) is 0 Å². The Morgan fingerprint density at radius 3 is 2.50 bits per heavy atom. The van der Waals surface area contributed by atoms with Crippen LogP contribution in [0.5, 0.6) is 0 Å². The summed E-state index contributed by atoms with van der Waals surface area (Å²) in [5.74, 6) is 6.44. The molecule has 0 unspecified atom stereocenters. The average molecular weight is 286 g/mol. The maximum absolute atomic E-state index is 11.4. The number of fused-ring (bicyclic) bond motifs is 1. The molecule has 0 heterocycles. The smallest absolute Gasteiger partial charge is 0.147 e. The molecule has 0 saturated heterocycles. The van der Waals surface area contributed by atoms with Crippen molar-refractivity contribution in [1.29, 1.82) is 0 Å². The van der Waals surface area contributed by atoms with Crippen LogP contribution >= 0.6 is 0 Å². The van der Waals surface area contributed by atoms with Crippen molar-refractivity contribution in [1.82, 2.24) is 0 Å². The van der Waals surface area contributed by atoms with Gasteiger partial charge in [-0.3, -0.25) is 4.79 Å². The lowest BCUT2D eigenvalue weighted by Crippen LogP contribution is -2.07. The van der Waals surface area contributed by atoms with Gasteiger partial charge in [-0.25, -0.2) is 0 Å². The first-order chi connectivity index (χ1) is 10.7. The number of aldehydes is 1. The molecule has 3 rings (SSSR count). The Balaban J connectivity index is 2.14. The van der Waals surface area contributed by atoms with Gasteiger partial charge >= 0.3 is 0 Å². The molecule has 0 amide bonds. The molecule has 108 valence electrons. The molecule has 0 radical (unpaired) electrons. The van der Waals surface area contributed by atoms with E-state index >= 15 is 0 Å². The van der Waals surface area contributed by atoms with Crippen molar-refractivity contribution in [3.05, 3.63) is 75.9 Å². The molecule has 1 aliphatic carbocycles. The normalized spacial score (nSPS) is 13.2. The van der Waals surface area contributed by atoms with Crippen LogP contribution in [-0.2, 0) is 11.2 Å². The number of rotatable bonds is 1. The predicted molar refractivity (Wildman–Crippen MR) is 90.5 cm³/mol. The predicted octanol–water partition coefficient (Wildman–Crippen LogP) is 4.25. The van der Waals surface area contributed by atoms with Gasteiger partial charge in [-0.1, -0.05) is 47.7 Å². The summed E-state index contributed by atoms with van der Waals surface area (Å²) in [6, 6.07) is 14.2. The van der Waals surface area contributed by atoms with E-state index in [-0.39, 0.29) is 0 Å². The first-order valence-corrected chi connectivity index (χ1v) is 7.55. The van der Waals surface area contributed by atoms with Gasteiger partial charge in [0, 0.05) is 16.7 Å². The van der Waals surface area contributed by atoms with Crippen LogP contribution in [0.15, 0.2) is 48.0 Å². The highest BCUT2D eigenvalue weighted by molar-refractivity contribution is 5.97. The van der Waals surface area contributed by atoms with Crippen LogP contribution < -0.4 is 0 Å². The summed E-state index contributed by atoms with van der Waals surface area (Å²) < 4.78 is 0. The van der Waals surface area contributed by atoms with Gasteiger partial charge in [0.1, 0.15) is 6.29 Å². The third-order valence-electron chi connectivity index (χ3n) is 4.10. The standard InChI is InChI=1S/C21H18O/c1-15-12-16(2)19-11-9-18(14-22)20(21(19)13-15)10-8-17-6-4-3-5-7-17/h3-7,12-14H,9,11H2,1-2H3. The molecule has 0 bridgehead atoms. The van der Waals surface area contributed by atoms with E-state index in [1.54, 1.807) is 0 Å². The number of allylic oxidation sites excluding steroid dienone is 2. The molecule has 0 atom stereocenters. The highest BCUT2D eigenvalue weighted by Crippen LogP contribution is 2.33. The first-order valence-electron chi connectivity index (χ1n) is 7.55. The Morgan fingerprint density at radius 1 is 1.00 bits per heavy atom. The molecule has 1 aliphatic rings. The molecule has 0 saturated carbocycles. The molecular formula is C21H18O. The van der Waals surface area contributed by atoms with Gasteiger partial charge in [-0.15, -0.1) is 0 Å². The summed E-state index contributed by atoms with van der Waals surface area (Å²) in [5, 5.41) is 0. The maximum Gasteiger partial charge on any atom is 0.147 e. The van der Waals surface area contributed by atoms with Gasteiger partial charge in [0.2, 0.25) is 0 Å². The van der Waals surface area contributed by atoms with E-state index < -0.39 is 0 Å². The van der Waals surface area contributed by atoms with Crippen LogP contribution in [0.2, 0.25) is 0 Å². The highest BCUT2D eigenvalue weighted by Gasteiger charge is 2.19. The lowest BCUT2D eigenvalue weighted by Gasteiger charge is -2.20. The molecule has 0 aliphatic heterocycles. The molecule has 0 N–H and O–H groups in total. The van der Waals surface area contributed by atoms with E-state index in [9.17, 15) is 4.79 Å². The fourth-order valence-electron chi connectivity index (χ4n) is 3.03. The molecule has 0 fully saturated rings. The largest absolute Gasteiger partial charge is 0.298 e. The number of carbonyl (C=O) groups is 1. The summed E-state index contributed by atoms with van der Waals surface area (Å²) in [4.78, 5) is 11.4. The topological polar surface area (TPSA) is 17.1 Å². The fourth-order valence-corrected chi connectivity index (χ4v) is 3.03. The third kappa shape index (κ3) is 2.73. The van der Waals surface area contributed by atoms with E-state index in [1.807, 2.05) is 30.3 Å². The summed E-state index contributed by atoms with van der Waals surface area (Å²) in [6.45, 7) is 4.23. The van der Waals surface area contributed by atoms with E-state index in [0.29, 0.717) is 0 Å². The third-order valence-corrected chi connectivity index (χ3v) is 4.10. The quantitative estimate of drug-likeness (QED) is 0.565. The van der Waals surface area contributed by atoms with Gasteiger partial charge in [0.05, 0.1) is 0 Å². The fraction of sp³-hybridized carbons (Fsp3) is 0.190. The number of benzene rings is 2. The van der Waals surface area contributed by atoms with Crippen molar-refractivity contribution in [2.45, 2.75) is 26.7 Å². The van der Waals surface area contributed by atoms with E-state index in [2.05, 4.69) is 37.8 Å². The zero-order valence-electron chi connectivity index (χ0n) is 12.9. The summed E-state index contributed by atoms with van der Waals surface area (Å²) in [5.41, 5.74) is 7.65. The Morgan fingerprint density at radius 2 is 1.77 bits per heavy atom. The summed E-state index contributed by atoms with van der Waals surface area (Å²) in [6.07, 6.45) is 2.67. The van der Waals surface area contributed by atoms with E-state index in [0.717, 1.165) is 41.4 Å². The average Bonchev–Trinajstić information content (AvgIpc) is 2.53. The van der Waals surface area contributed by atoms with Gasteiger partial charge in [0.25, 0.3) is 0 Å². The van der Waals surface area contributed by atoms with Gasteiger partial charge in [-0.2, -0.15) is 0 Å². The maximum atomic E-state index is 11.4. The Hall–Kier alpha value is -2.59. The second kappa shape index (κ2) is 6.03. The van der Waals surface area contributed by atoms with Crippen molar-refractivity contribution in [3.63, 3.8) is 0 Å². The van der Waals surface area contributed by atoms with Crippen LogP contribution in [0, 0.1) is 25.7 Å². The lowest BCUT2D eigenvalue weighted by molar-refractivity contribution is -0.105. The zero-order valence-corrected chi connectivity index (χ0v) is 12.9. The van der Waals surface area contributed by atoms with Crippen LogP contribution in [0.1, 0.15) is 34.2 Å². The minimum Gasteiger partial charge on any atom is -0.298 e. The second-order valence-corrected chi connectivity index (χ2v) is 5.74. The monoisotopic (exact) mass is 286 g/mol. The number of hydrogen-bond acceptors (Lipinski definition) is 1. The van der Waals surface area contributed by atoms with Crippen molar-refractivity contribution in [2.75, 3.05) is 0 Å². The molecule has 1 heteroatoms. The minimum absolute atomic E-state index is 0.777. The van der Waals surface area contributed by atoms with Crippen molar-refractivity contribution in [3.8, 4) is 11.8 Å². The van der Waals surface area contributed by atoms with Crippen LogP contribution in [-0.4, -0.2) is 6.29 Å². The van der Waals surface area contributed by atoms with Gasteiger partial charge < -0.3 is 0 Å². The molecule has 22 heavy (non-hydrogen) atoms. The Kier molecular flexibility index (Phi) is 3.94. The molecule has 0 aromatic heterocycles. The molecule has 0 spiro atoms. The van der Waals surface area contributed by atoms with E-state index in [1.165, 1.54) is 16.7 Å². The first kappa shape index (κ1) is 14.4. The number of carbonyl (C=O) groups excluding carboxylic acids is 1. The summed E-state index contributed by atoms with van der Waals surface area (Å²) in [7, 11) is 0. The SMILES string of the molecule is Cc1cc(C)c2c(c1)C(C#Cc1ccccc1)=C(C=O)CC2. The van der Waals surface area contributed by atoms with Crippen LogP contribution in [0.25, 0.3) is 5.57 Å². The lowest BCUT2D eigenvalue weighted by atomic mass is 9.83. The van der Waals surface area contributed by atoms with Gasteiger partial charge in [0.15, 0.2) is 0 Å². The molecule has 1 nitrogen and oxygen atoms in total. The molecular weight excluding hydrogens is 268 g/mol. The second-order valence-electron chi connectivity index (χ2n) is 5.74. The zero-order chi connectivity index (χ0) is 15.5. The molecule has 2 aromatic rings. The Bertz CT molecular complexity index is 814. The van der Waals surface area contributed by atoms with Crippen LogP contribution in [0.3, 0.4) is 0 Å². The highest BCUT2D eigenvalue weighted by atomic mass is 16.1. The van der Waals surface area contributed by atoms with Gasteiger partial charge in [-0.05, 0) is 55.5 Å². The number of hydrogen-bond donors (Lipinski definition) is 0. The summed E-state index contributed by atoms with van der Waals surface area (Å²) >= 11 is 0. The minimum atomic E-state index is 0.777. The van der Waals surface area contributed by atoms with Crippen molar-refractivity contribution >= 4 is 11.9 Å². The van der Waals surface area contributed by atoms with Crippen molar-refractivity contribution < 1.29 is 4.79 Å². The Labute approximate surface area is 131 Å². The molecule has 2 aromatic carbocycles. The number of aryl methyl sites for hydroxylation is 2.